The van der Waals surface area contributed by atoms with Gasteiger partial charge >= 0.3 is 0 Å². The fraction of sp³-hybridized carbons (Fsp3) is 0.222. The van der Waals surface area contributed by atoms with Crippen molar-refractivity contribution >= 4 is 46.1 Å². The summed E-state index contributed by atoms with van der Waals surface area (Å²) in [7, 11) is 0. The molecule has 0 spiro atoms. The first-order chi connectivity index (χ1) is 7.08. The third-order valence-corrected chi connectivity index (χ3v) is 3.46. The number of oxazole rings is 1. The second-order valence-electron chi connectivity index (χ2n) is 2.92. The first-order valence-electron chi connectivity index (χ1n) is 4.13. The number of hydrogen-bond donors (Lipinski definition) is 0. The molecule has 0 N–H and O–H groups in total. The molecule has 0 aromatic carbocycles. The molecule has 0 amide bonds. The van der Waals surface area contributed by atoms with Gasteiger partial charge < -0.3 is 4.42 Å². The maximum Gasteiger partial charge on any atom is 0.212 e. The summed E-state index contributed by atoms with van der Waals surface area (Å²) in [6.45, 7) is 1.79. The fourth-order valence-electron chi connectivity index (χ4n) is 1.10. The predicted octanol–water partition coefficient (Wildman–Crippen LogP) is 5.01. The molecule has 6 heteroatoms. The van der Waals surface area contributed by atoms with Gasteiger partial charge in [0.1, 0.15) is 9.71 Å². The molecule has 0 aliphatic carbocycles. The third kappa shape index (κ3) is 2.31. The van der Waals surface area contributed by atoms with Gasteiger partial charge in [-0.15, -0.1) is 22.9 Å². The fourth-order valence-corrected chi connectivity index (χ4v) is 2.68. The van der Waals surface area contributed by atoms with Crippen LogP contribution in [-0.4, -0.2) is 4.98 Å². The number of nitrogens with zero attached hydrogens (tertiary/aromatic N) is 1. The Balaban J connectivity index is 2.41. The van der Waals surface area contributed by atoms with Gasteiger partial charge in [0, 0.05) is 5.56 Å². The van der Waals surface area contributed by atoms with E-state index >= 15 is 0 Å². The SMILES string of the molecule is CC(Cl)c1ncc(-c2cc(Cl)sc2Cl)o1. The number of thiophene rings is 1. The molecule has 2 aromatic rings. The van der Waals surface area contributed by atoms with Crippen LogP contribution in [0.3, 0.4) is 0 Å². The summed E-state index contributed by atoms with van der Waals surface area (Å²) >= 11 is 18.9. The standard InChI is InChI=1S/C9H6Cl3NOS/c1-4(10)9-13-3-6(14-9)5-2-7(11)15-8(5)12/h2-4H,1H3. The Morgan fingerprint density at radius 1 is 1.47 bits per heavy atom. The van der Waals surface area contributed by atoms with Crippen LogP contribution in [0, 0.1) is 0 Å². The van der Waals surface area contributed by atoms with E-state index in [2.05, 4.69) is 4.98 Å². The molecule has 0 aliphatic heterocycles. The Bertz CT molecular complexity index is 477. The third-order valence-electron chi connectivity index (χ3n) is 1.79. The molecule has 2 aromatic heterocycles. The van der Waals surface area contributed by atoms with E-state index in [-0.39, 0.29) is 5.38 Å². The summed E-state index contributed by atoms with van der Waals surface area (Å²) in [5.41, 5.74) is 0.753. The van der Waals surface area contributed by atoms with Gasteiger partial charge in [0.15, 0.2) is 5.76 Å². The van der Waals surface area contributed by atoms with Gasteiger partial charge in [-0.05, 0) is 13.0 Å². The van der Waals surface area contributed by atoms with Crippen molar-refractivity contribution in [1.82, 2.24) is 4.98 Å². The Morgan fingerprint density at radius 3 is 2.67 bits per heavy atom. The topological polar surface area (TPSA) is 26.0 Å². The normalized spacial score (nSPS) is 13.1. The van der Waals surface area contributed by atoms with Gasteiger partial charge in [-0.2, -0.15) is 0 Å². The van der Waals surface area contributed by atoms with Crippen molar-refractivity contribution in [2.45, 2.75) is 12.3 Å². The predicted molar refractivity (Wildman–Crippen MR) is 64.1 cm³/mol. The number of hydrogen-bond acceptors (Lipinski definition) is 3. The van der Waals surface area contributed by atoms with E-state index in [1.165, 1.54) is 11.3 Å². The minimum absolute atomic E-state index is 0.258. The van der Waals surface area contributed by atoms with Crippen molar-refractivity contribution in [3.05, 3.63) is 26.8 Å². The van der Waals surface area contributed by atoms with Crippen LogP contribution in [0.25, 0.3) is 11.3 Å². The Morgan fingerprint density at radius 2 is 2.20 bits per heavy atom. The zero-order valence-corrected chi connectivity index (χ0v) is 10.7. The lowest BCUT2D eigenvalue weighted by Gasteiger charge is -1.94. The number of halogens is 3. The highest BCUT2D eigenvalue weighted by Gasteiger charge is 2.15. The smallest absolute Gasteiger partial charge is 0.212 e. The average Bonchev–Trinajstić information content (AvgIpc) is 2.71. The Hall–Kier alpha value is -0.220. The lowest BCUT2D eigenvalue weighted by Crippen LogP contribution is -1.80. The molecule has 1 atom stereocenters. The number of aromatic nitrogens is 1. The maximum absolute atomic E-state index is 5.98. The second kappa shape index (κ2) is 4.34. The average molecular weight is 283 g/mol. The maximum atomic E-state index is 5.98. The van der Waals surface area contributed by atoms with Gasteiger partial charge in [-0.3, -0.25) is 0 Å². The van der Waals surface area contributed by atoms with Crippen molar-refractivity contribution in [2.24, 2.45) is 0 Å². The molecular weight excluding hydrogens is 277 g/mol. The van der Waals surface area contributed by atoms with Crippen molar-refractivity contribution in [1.29, 1.82) is 0 Å². The van der Waals surface area contributed by atoms with Crippen molar-refractivity contribution in [3.63, 3.8) is 0 Å². The van der Waals surface area contributed by atoms with Crippen LogP contribution < -0.4 is 0 Å². The quantitative estimate of drug-likeness (QED) is 0.724. The van der Waals surface area contributed by atoms with E-state index in [4.69, 9.17) is 39.2 Å². The molecule has 2 heterocycles. The number of rotatable bonds is 2. The molecule has 15 heavy (non-hydrogen) atoms. The van der Waals surface area contributed by atoms with Crippen LogP contribution in [0.2, 0.25) is 8.67 Å². The van der Waals surface area contributed by atoms with Gasteiger partial charge in [0.2, 0.25) is 5.89 Å². The lowest BCUT2D eigenvalue weighted by atomic mass is 10.3. The largest absolute Gasteiger partial charge is 0.439 e. The van der Waals surface area contributed by atoms with E-state index in [9.17, 15) is 0 Å². The van der Waals surface area contributed by atoms with Crippen LogP contribution in [0.5, 0.6) is 0 Å². The molecule has 0 radical (unpaired) electrons. The highest BCUT2D eigenvalue weighted by molar-refractivity contribution is 7.20. The summed E-state index contributed by atoms with van der Waals surface area (Å²) in [5.74, 6) is 1.07. The van der Waals surface area contributed by atoms with E-state index < -0.39 is 0 Å². The van der Waals surface area contributed by atoms with Crippen LogP contribution in [0.4, 0.5) is 0 Å². The van der Waals surface area contributed by atoms with Gasteiger partial charge in [-0.1, -0.05) is 23.2 Å². The van der Waals surface area contributed by atoms with Gasteiger partial charge in [-0.25, -0.2) is 4.98 Å². The van der Waals surface area contributed by atoms with Crippen LogP contribution in [0.15, 0.2) is 16.7 Å². The van der Waals surface area contributed by atoms with Crippen molar-refractivity contribution < 1.29 is 4.42 Å². The summed E-state index contributed by atoms with van der Waals surface area (Å²) in [6.07, 6.45) is 1.60. The molecule has 0 fully saturated rings. The molecule has 0 aliphatic rings. The van der Waals surface area contributed by atoms with Gasteiger partial charge in [0.25, 0.3) is 0 Å². The summed E-state index contributed by atoms with van der Waals surface area (Å²) in [6, 6.07) is 1.75. The molecule has 1 unspecified atom stereocenters. The monoisotopic (exact) mass is 281 g/mol. The minimum atomic E-state index is -0.258. The molecule has 0 bridgehead atoms. The van der Waals surface area contributed by atoms with Crippen molar-refractivity contribution in [2.75, 3.05) is 0 Å². The van der Waals surface area contributed by atoms with Crippen LogP contribution in [-0.2, 0) is 0 Å². The first-order valence-corrected chi connectivity index (χ1v) is 6.14. The van der Waals surface area contributed by atoms with E-state index in [0.717, 1.165) is 5.56 Å². The molecular formula is C9H6Cl3NOS. The number of alkyl halides is 1. The summed E-state index contributed by atoms with van der Waals surface area (Å²) in [4.78, 5) is 4.05. The van der Waals surface area contributed by atoms with Crippen molar-refractivity contribution in [3.8, 4) is 11.3 Å². The first kappa shape index (κ1) is 11.3. The van der Waals surface area contributed by atoms with Crippen LogP contribution in [0.1, 0.15) is 18.2 Å². The molecule has 80 valence electrons. The second-order valence-corrected chi connectivity index (χ2v) is 5.86. The molecule has 0 saturated carbocycles. The van der Waals surface area contributed by atoms with Gasteiger partial charge in [0.05, 0.1) is 10.5 Å². The van der Waals surface area contributed by atoms with E-state index in [1.807, 2.05) is 0 Å². The lowest BCUT2D eigenvalue weighted by molar-refractivity contribution is 0.508. The minimum Gasteiger partial charge on any atom is -0.439 e. The van der Waals surface area contributed by atoms with E-state index in [0.29, 0.717) is 20.3 Å². The Kier molecular flexibility index (Phi) is 3.26. The summed E-state index contributed by atoms with van der Waals surface area (Å²) in [5, 5.41) is -0.258. The molecule has 2 nitrogen and oxygen atoms in total. The molecule has 2 rings (SSSR count). The van der Waals surface area contributed by atoms with Crippen LogP contribution >= 0.6 is 46.1 Å². The molecule has 0 saturated heterocycles. The van der Waals surface area contributed by atoms with E-state index in [1.54, 1.807) is 19.2 Å². The summed E-state index contributed by atoms with van der Waals surface area (Å²) < 4.78 is 6.65. The highest BCUT2D eigenvalue weighted by atomic mass is 35.5. The Labute approximate surface area is 106 Å². The highest BCUT2D eigenvalue weighted by Crippen LogP contribution is 2.38. The zero-order valence-electron chi connectivity index (χ0n) is 7.63. The zero-order chi connectivity index (χ0) is 11.0.